The lowest BCUT2D eigenvalue weighted by Crippen LogP contribution is -2.06. The molecule has 0 saturated carbocycles. The Bertz CT molecular complexity index is 656. The molecule has 0 radical (unpaired) electrons. The van der Waals surface area contributed by atoms with Crippen molar-refractivity contribution in [1.82, 2.24) is 0 Å². The van der Waals surface area contributed by atoms with Crippen molar-refractivity contribution in [2.24, 2.45) is 0 Å². The number of ketones is 1. The molecule has 0 fully saturated rings. The summed E-state index contributed by atoms with van der Waals surface area (Å²) in [4.78, 5) is 12.5. The molecule has 0 aliphatic rings. The van der Waals surface area contributed by atoms with E-state index in [9.17, 15) is 9.18 Å². The Hall–Kier alpha value is -1.88. The summed E-state index contributed by atoms with van der Waals surface area (Å²) < 4.78 is 23.9. The Kier molecular flexibility index (Phi) is 4.39. The largest absolute Gasteiger partial charge is 0.497 e. The number of hydrogen-bond donors (Lipinski definition) is 0. The van der Waals surface area contributed by atoms with Crippen LogP contribution in [0.3, 0.4) is 0 Å². The summed E-state index contributed by atoms with van der Waals surface area (Å²) in [6, 6.07) is 9.21. The summed E-state index contributed by atoms with van der Waals surface area (Å²) in [5.74, 6) is 0.110. The number of hydrogen-bond acceptors (Lipinski definition) is 3. The third kappa shape index (κ3) is 2.67. The number of ether oxygens (including phenoxy) is 2. The van der Waals surface area contributed by atoms with E-state index in [2.05, 4.69) is 15.9 Å². The van der Waals surface area contributed by atoms with Gasteiger partial charge in [0.1, 0.15) is 17.3 Å². The molecule has 2 aromatic carbocycles. The van der Waals surface area contributed by atoms with E-state index < -0.39 is 5.82 Å². The quantitative estimate of drug-likeness (QED) is 0.794. The number of carbonyl (C=O) groups excluding carboxylic acids is 1. The highest BCUT2D eigenvalue weighted by atomic mass is 79.9. The van der Waals surface area contributed by atoms with Crippen LogP contribution in [0.4, 0.5) is 4.39 Å². The van der Waals surface area contributed by atoms with Crippen molar-refractivity contribution in [1.29, 1.82) is 0 Å². The van der Waals surface area contributed by atoms with Gasteiger partial charge in [-0.15, -0.1) is 0 Å². The van der Waals surface area contributed by atoms with Gasteiger partial charge in [-0.2, -0.15) is 0 Å². The van der Waals surface area contributed by atoms with Crippen LogP contribution in [0, 0.1) is 5.82 Å². The first-order chi connectivity index (χ1) is 9.58. The van der Waals surface area contributed by atoms with Crippen LogP contribution < -0.4 is 9.47 Å². The van der Waals surface area contributed by atoms with E-state index in [1.165, 1.54) is 26.4 Å². The lowest BCUT2D eigenvalue weighted by atomic mass is 10.0. The summed E-state index contributed by atoms with van der Waals surface area (Å²) in [7, 11) is 2.98. The van der Waals surface area contributed by atoms with E-state index in [0.717, 1.165) is 0 Å². The minimum absolute atomic E-state index is 0.134. The molecule has 0 heterocycles. The fourth-order valence-corrected chi connectivity index (χ4v) is 2.26. The van der Waals surface area contributed by atoms with E-state index in [0.29, 0.717) is 17.1 Å². The van der Waals surface area contributed by atoms with E-state index in [1.54, 1.807) is 24.3 Å². The third-order valence-corrected chi connectivity index (χ3v) is 3.65. The molecule has 0 amide bonds. The van der Waals surface area contributed by atoms with Gasteiger partial charge >= 0.3 is 0 Å². The Morgan fingerprint density at radius 1 is 1.10 bits per heavy atom. The lowest BCUT2D eigenvalue weighted by Gasteiger charge is -2.10. The first kappa shape index (κ1) is 14.5. The van der Waals surface area contributed by atoms with E-state index >= 15 is 0 Å². The van der Waals surface area contributed by atoms with Crippen LogP contribution in [-0.2, 0) is 0 Å². The van der Waals surface area contributed by atoms with Gasteiger partial charge < -0.3 is 9.47 Å². The van der Waals surface area contributed by atoms with Crippen molar-refractivity contribution in [3.8, 4) is 11.5 Å². The fourth-order valence-electron chi connectivity index (χ4n) is 1.82. The SMILES string of the molecule is COc1ccc(OC)c(C(=O)c2cccc(F)c2Br)c1. The Morgan fingerprint density at radius 3 is 2.50 bits per heavy atom. The average molecular weight is 339 g/mol. The van der Waals surface area contributed by atoms with Gasteiger partial charge in [-0.25, -0.2) is 4.39 Å². The molecule has 0 spiro atoms. The first-order valence-corrected chi connectivity index (χ1v) is 6.58. The topological polar surface area (TPSA) is 35.5 Å². The molecular weight excluding hydrogens is 327 g/mol. The monoisotopic (exact) mass is 338 g/mol. The number of methoxy groups -OCH3 is 2. The Morgan fingerprint density at radius 2 is 1.85 bits per heavy atom. The summed E-state index contributed by atoms with van der Waals surface area (Å²) in [6.07, 6.45) is 0. The number of halogens is 2. The van der Waals surface area contributed by atoms with Crippen LogP contribution in [0.25, 0.3) is 0 Å². The minimum Gasteiger partial charge on any atom is -0.497 e. The smallest absolute Gasteiger partial charge is 0.198 e. The van der Waals surface area contributed by atoms with Crippen LogP contribution in [0.2, 0.25) is 0 Å². The summed E-state index contributed by atoms with van der Waals surface area (Å²) in [5, 5.41) is 0. The Labute approximate surface area is 124 Å². The zero-order chi connectivity index (χ0) is 14.7. The Balaban J connectivity index is 2.55. The maximum Gasteiger partial charge on any atom is 0.198 e. The molecule has 20 heavy (non-hydrogen) atoms. The molecule has 0 unspecified atom stereocenters. The molecule has 0 aliphatic heterocycles. The van der Waals surface area contributed by atoms with Gasteiger partial charge in [0.2, 0.25) is 0 Å². The third-order valence-electron chi connectivity index (χ3n) is 2.85. The predicted molar refractivity (Wildman–Crippen MR) is 77.1 cm³/mol. The normalized spacial score (nSPS) is 10.2. The predicted octanol–water partition coefficient (Wildman–Crippen LogP) is 3.84. The van der Waals surface area contributed by atoms with Crippen molar-refractivity contribution >= 4 is 21.7 Å². The highest BCUT2D eigenvalue weighted by Crippen LogP contribution is 2.29. The molecule has 104 valence electrons. The van der Waals surface area contributed by atoms with Gasteiger partial charge in [-0.3, -0.25) is 4.79 Å². The highest BCUT2D eigenvalue weighted by molar-refractivity contribution is 9.10. The number of carbonyl (C=O) groups is 1. The summed E-state index contributed by atoms with van der Waals surface area (Å²) in [5.41, 5.74) is 0.551. The average Bonchev–Trinajstić information content (AvgIpc) is 2.48. The molecule has 5 heteroatoms. The molecule has 0 saturated heterocycles. The van der Waals surface area contributed by atoms with Gasteiger partial charge in [0.15, 0.2) is 5.78 Å². The van der Waals surface area contributed by atoms with E-state index in [1.807, 2.05) is 0 Å². The summed E-state index contributed by atoms with van der Waals surface area (Å²) >= 11 is 3.09. The van der Waals surface area contributed by atoms with Gasteiger partial charge in [0.05, 0.1) is 24.3 Å². The molecular formula is C15H12BrFO3. The van der Waals surface area contributed by atoms with E-state index in [4.69, 9.17) is 9.47 Å². The van der Waals surface area contributed by atoms with Gasteiger partial charge in [-0.1, -0.05) is 6.07 Å². The second-order valence-corrected chi connectivity index (χ2v) is 4.79. The van der Waals surface area contributed by atoms with Crippen LogP contribution in [0.1, 0.15) is 15.9 Å². The van der Waals surface area contributed by atoms with Crippen molar-refractivity contribution in [2.75, 3.05) is 14.2 Å². The van der Waals surface area contributed by atoms with Crippen LogP contribution in [-0.4, -0.2) is 20.0 Å². The number of benzene rings is 2. The van der Waals surface area contributed by atoms with Crippen LogP contribution in [0.15, 0.2) is 40.9 Å². The van der Waals surface area contributed by atoms with Crippen molar-refractivity contribution in [3.05, 3.63) is 57.8 Å². The van der Waals surface area contributed by atoms with Gasteiger partial charge in [-0.05, 0) is 46.3 Å². The maximum absolute atomic E-state index is 13.5. The van der Waals surface area contributed by atoms with E-state index in [-0.39, 0.29) is 15.8 Å². The van der Waals surface area contributed by atoms with Gasteiger partial charge in [0, 0.05) is 5.56 Å². The molecule has 3 nitrogen and oxygen atoms in total. The maximum atomic E-state index is 13.5. The molecule has 0 aliphatic carbocycles. The van der Waals surface area contributed by atoms with Crippen molar-refractivity contribution in [2.45, 2.75) is 0 Å². The molecule has 2 aromatic rings. The first-order valence-electron chi connectivity index (χ1n) is 5.79. The number of rotatable bonds is 4. The summed E-state index contributed by atoms with van der Waals surface area (Å²) in [6.45, 7) is 0. The molecule has 0 bridgehead atoms. The standard InChI is InChI=1S/C15H12BrFO3/c1-19-9-6-7-13(20-2)11(8-9)15(18)10-4-3-5-12(17)14(10)16/h3-8H,1-2H3. The van der Waals surface area contributed by atoms with Crippen LogP contribution >= 0.6 is 15.9 Å². The molecule has 0 N–H and O–H groups in total. The van der Waals surface area contributed by atoms with Gasteiger partial charge in [0.25, 0.3) is 0 Å². The second kappa shape index (κ2) is 6.05. The van der Waals surface area contributed by atoms with Crippen molar-refractivity contribution in [3.63, 3.8) is 0 Å². The minimum atomic E-state index is -0.488. The fraction of sp³-hybridized carbons (Fsp3) is 0.133. The van der Waals surface area contributed by atoms with Crippen LogP contribution in [0.5, 0.6) is 11.5 Å². The van der Waals surface area contributed by atoms with Crippen molar-refractivity contribution < 1.29 is 18.7 Å². The zero-order valence-electron chi connectivity index (χ0n) is 10.9. The lowest BCUT2D eigenvalue weighted by molar-refractivity contribution is 0.103. The molecule has 0 aromatic heterocycles. The zero-order valence-corrected chi connectivity index (χ0v) is 12.5. The molecule has 0 atom stereocenters. The highest BCUT2D eigenvalue weighted by Gasteiger charge is 2.19. The second-order valence-electron chi connectivity index (χ2n) is 4.00. The molecule has 2 rings (SSSR count).